The molecule has 0 fully saturated rings. The van der Waals surface area contributed by atoms with E-state index >= 15 is 0 Å². The molecule has 0 bridgehead atoms. The lowest BCUT2D eigenvalue weighted by molar-refractivity contribution is 0.478. The molecule has 0 unspecified atom stereocenters. The fourth-order valence-electron chi connectivity index (χ4n) is 0.244. The van der Waals surface area contributed by atoms with Crippen LogP contribution in [-0.4, -0.2) is 24.4 Å². The van der Waals surface area contributed by atoms with Gasteiger partial charge < -0.3 is 0 Å². The van der Waals surface area contributed by atoms with Gasteiger partial charge in [-0.05, 0) is 0 Å². The van der Waals surface area contributed by atoms with Crippen molar-refractivity contribution in [1.29, 1.82) is 0 Å². The van der Waals surface area contributed by atoms with Gasteiger partial charge in [0.05, 0.1) is 6.26 Å². The van der Waals surface area contributed by atoms with Gasteiger partial charge in [0.2, 0.25) is 10.0 Å². The molecule has 0 aromatic heterocycles. The highest BCUT2D eigenvalue weighted by Gasteiger charge is 2.02. The monoisotopic (exact) mass is 264 g/mol. The second kappa shape index (κ2) is 3.69. The highest BCUT2D eigenvalue weighted by molar-refractivity contribution is 14.1. The number of nitrogens with zero attached hydrogens (tertiary/aromatic N) is 1. The number of hydrogen-bond donors (Lipinski definition) is 1. The van der Waals surface area contributed by atoms with Crippen LogP contribution < -0.4 is 4.83 Å². The van der Waals surface area contributed by atoms with Gasteiger partial charge in [-0.25, -0.2) is 8.42 Å². The zero-order chi connectivity index (χ0) is 7.49. The van der Waals surface area contributed by atoms with Crippen LogP contribution in [0.4, 0.5) is 0 Å². The first-order chi connectivity index (χ1) is 3.95. The highest BCUT2D eigenvalue weighted by Crippen LogP contribution is 1.92. The lowest BCUT2D eigenvalue weighted by Crippen LogP contribution is -2.33. The minimum Gasteiger partial charge on any atom is -0.211 e. The zero-order valence-corrected chi connectivity index (χ0v) is 8.23. The summed E-state index contributed by atoms with van der Waals surface area (Å²) in [6, 6.07) is 0. The summed E-state index contributed by atoms with van der Waals surface area (Å²) >= 11 is 1.87. The van der Waals surface area contributed by atoms with E-state index in [0.717, 1.165) is 6.26 Å². The first kappa shape index (κ1) is 9.60. The Balaban J connectivity index is 3.75. The maximum atomic E-state index is 10.4. The SMILES string of the molecule is CCN(I)NS(C)(=O)=O. The van der Waals surface area contributed by atoms with Gasteiger partial charge in [-0.3, -0.25) is 0 Å². The van der Waals surface area contributed by atoms with Gasteiger partial charge in [0.1, 0.15) is 0 Å². The molecule has 6 heteroatoms. The van der Waals surface area contributed by atoms with E-state index in [1.165, 1.54) is 3.22 Å². The number of hydrazine groups is 1. The third-order valence-electron chi connectivity index (χ3n) is 0.543. The summed E-state index contributed by atoms with van der Waals surface area (Å²) < 4.78 is 22.4. The molecule has 0 aliphatic heterocycles. The third kappa shape index (κ3) is 6.49. The average molecular weight is 264 g/mol. The lowest BCUT2D eigenvalue weighted by Gasteiger charge is -2.09. The van der Waals surface area contributed by atoms with Gasteiger partial charge in [-0.1, -0.05) is 6.92 Å². The van der Waals surface area contributed by atoms with Crippen LogP contribution in [0.2, 0.25) is 0 Å². The lowest BCUT2D eigenvalue weighted by atomic mass is 10.8. The van der Waals surface area contributed by atoms with Crippen molar-refractivity contribution in [1.82, 2.24) is 8.05 Å². The van der Waals surface area contributed by atoms with Gasteiger partial charge in [0.25, 0.3) is 0 Å². The second-order valence-corrected chi connectivity index (χ2v) is 4.43. The Hall–Kier alpha value is 0.600. The molecule has 0 aromatic rings. The molecule has 0 saturated heterocycles. The predicted molar refractivity (Wildman–Crippen MR) is 44.4 cm³/mol. The fourth-order valence-corrected chi connectivity index (χ4v) is 1.81. The fraction of sp³-hybridized carbons (Fsp3) is 1.00. The maximum absolute atomic E-state index is 10.4. The van der Waals surface area contributed by atoms with Crippen molar-refractivity contribution in [2.24, 2.45) is 0 Å². The molecule has 0 amide bonds. The highest BCUT2D eigenvalue weighted by atomic mass is 127. The Morgan fingerprint density at radius 1 is 1.67 bits per heavy atom. The summed E-state index contributed by atoms with van der Waals surface area (Å²) in [6.45, 7) is 2.50. The van der Waals surface area contributed by atoms with E-state index in [-0.39, 0.29) is 0 Å². The minimum absolute atomic E-state index is 0.646. The molecule has 0 heterocycles. The smallest absolute Gasteiger partial charge is 0.211 e. The standard InChI is InChI=1S/C3H9IN2O2S/c1-3-6(4)5-9(2,7)8/h5H,3H2,1-2H3. The van der Waals surface area contributed by atoms with Crippen LogP contribution in [0.1, 0.15) is 6.92 Å². The molecule has 0 spiro atoms. The minimum atomic E-state index is -3.07. The summed E-state index contributed by atoms with van der Waals surface area (Å²) in [5, 5.41) is 0. The van der Waals surface area contributed by atoms with Gasteiger partial charge in [-0.15, -0.1) is 4.83 Å². The average Bonchev–Trinajstić information content (AvgIpc) is 1.62. The van der Waals surface area contributed by atoms with E-state index < -0.39 is 10.0 Å². The second-order valence-electron chi connectivity index (χ2n) is 1.54. The van der Waals surface area contributed by atoms with Crippen LogP contribution in [0.3, 0.4) is 0 Å². The van der Waals surface area contributed by atoms with Crippen LogP contribution in [0.5, 0.6) is 0 Å². The number of sulfonamides is 1. The van der Waals surface area contributed by atoms with Gasteiger partial charge >= 0.3 is 0 Å². The molecule has 0 atom stereocenters. The van der Waals surface area contributed by atoms with Gasteiger partial charge in [0.15, 0.2) is 0 Å². The molecule has 0 aromatic carbocycles. The Bertz CT molecular complexity index is 167. The van der Waals surface area contributed by atoms with E-state index in [1.807, 2.05) is 29.8 Å². The zero-order valence-electron chi connectivity index (χ0n) is 5.26. The predicted octanol–water partition coefficient (Wildman–Crippen LogP) is 0.123. The van der Waals surface area contributed by atoms with E-state index in [0.29, 0.717) is 6.54 Å². The van der Waals surface area contributed by atoms with Crippen LogP contribution in [0.25, 0.3) is 0 Å². The van der Waals surface area contributed by atoms with Gasteiger partial charge in [-0.2, -0.15) is 3.22 Å². The molecular weight excluding hydrogens is 255 g/mol. The largest absolute Gasteiger partial charge is 0.222 e. The number of rotatable bonds is 3. The molecule has 0 rings (SSSR count). The molecule has 0 radical (unpaired) electrons. The quantitative estimate of drug-likeness (QED) is 0.447. The van der Waals surface area contributed by atoms with Crippen LogP contribution in [0.15, 0.2) is 0 Å². The molecule has 0 aliphatic rings. The number of halogens is 1. The Kier molecular flexibility index (Phi) is 3.94. The molecule has 9 heavy (non-hydrogen) atoms. The van der Waals surface area contributed by atoms with E-state index in [9.17, 15) is 8.42 Å². The first-order valence-corrected chi connectivity index (χ1v) is 5.22. The summed E-state index contributed by atoms with van der Waals surface area (Å²) in [5.74, 6) is 0. The van der Waals surface area contributed by atoms with Crippen molar-refractivity contribution in [3.8, 4) is 0 Å². The summed E-state index contributed by atoms with van der Waals surface area (Å²) in [6.07, 6.45) is 1.12. The van der Waals surface area contributed by atoms with E-state index in [2.05, 4.69) is 4.83 Å². The molecule has 0 aliphatic carbocycles. The van der Waals surface area contributed by atoms with Crippen molar-refractivity contribution >= 4 is 32.9 Å². The first-order valence-electron chi connectivity index (χ1n) is 2.36. The van der Waals surface area contributed by atoms with Crippen molar-refractivity contribution in [3.63, 3.8) is 0 Å². The van der Waals surface area contributed by atoms with Crippen LogP contribution >= 0.6 is 22.9 Å². The Labute approximate surface area is 69.1 Å². The Morgan fingerprint density at radius 2 is 2.11 bits per heavy atom. The van der Waals surface area contributed by atoms with Crippen molar-refractivity contribution in [2.75, 3.05) is 12.8 Å². The summed E-state index contributed by atoms with van der Waals surface area (Å²) in [7, 11) is -3.07. The topological polar surface area (TPSA) is 49.4 Å². The van der Waals surface area contributed by atoms with Crippen molar-refractivity contribution in [2.45, 2.75) is 6.92 Å². The van der Waals surface area contributed by atoms with Crippen molar-refractivity contribution < 1.29 is 8.42 Å². The number of nitrogens with one attached hydrogen (secondary N) is 1. The molecular formula is C3H9IN2O2S. The van der Waals surface area contributed by atoms with Crippen LogP contribution in [-0.2, 0) is 10.0 Å². The van der Waals surface area contributed by atoms with E-state index in [1.54, 1.807) is 0 Å². The molecule has 56 valence electrons. The number of hydrogen-bond acceptors (Lipinski definition) is 3. The van der Waals surface area contributed by atoms with E-state index in [4.69, 9.17) is 0 Å². The van der Waals surface area contributed by atoms with Crippen molar-refractivity contribution in [3.05, 3.63) is 0 Å². The van der Waals surface area contributed by atoms with Crippen LogP contribution in [0, 0.1) is 0 Å². The normalized spacial score (nSPS) is 12.4. The molecule has 4 nitrogen and oxygen atoms in total. The molecule has 1 N–H and O–H groups in total. The van der Waals surface area contributed by atoms with Gasteiger partial charge in [0, 0.05) is 29.4 Å². The Morgan fingerprint density at radius 3 is 2.22 bits per heavy atom. The third-order valence-corrected chi connectivity index (χ3v) is 2.35. The maximum Gasteiger partial charge on any atom is 0.222 e. The summed E-state index contributed by atoms with van der Waals surface area (Å²) in [4.78, 5) is 2.26. The molecule has 0 saturated carbocycles. The summed E-state index contributed by atoms with van der Waals surface area (Å²) in [5.41, 5.74) is 0.